The van der Waals surface area contributed by atoms with Gasteiger partial charge in [-0.25, -0.2) is 0 Å². The van der Waals surface area contributed by atoms with Gasteiger partial charge in [-0.3, -0.25) is 4.79 Å². The van der Waals surface area contributed by atoms with Crippen molar-refractivity contribution in [2.75, 3.05) is 0 Å². The van der Waals surface area contributed by atoms with E-state index in [0.717, 1.165) is 0 Å². The van der Waals surface area contributed by atoms with Crippen molar-refractivity contribution in [3.05, 3.63) is 35.8 Å². The van der Waals surface area contributed by atoms with Gasteiger partial charge in [0.15, 0.2) is 0 Å². The second-order valence-electron chi connectivity index (χ2n) is 5.76. The molecule has 3 heteroatoms. The van der Waals surface area contributed by atoms with Gasteiger partial charge in [-0.1, -0.05) is 25.5 Å². The Morgan fingerprint density at radius 1 is 1.50 bits per heavy atom. The maximum Gasteiger partial charge on any atom is 0.310 e. The molecule has 1 aromatic rings. The molecular formula is C15H20O3. The minimum Gasteiger partial charge on any atom is -0.466 e. The zero-order valence-electron chi connectivity index (χ0n) is 11.4. The van der Waals surface area contributed by atoms with E-state index in [4.69, 9.17) is 9.15 Å². The van der Waals surface area contributed by atoms with Gasteiger partial charge in [0.25, 0.3) is 0 Å². The van der Waals surface area contributed by atoms with Crippen LogP contribution in [0.3, 0.4) is 0 Å². The zero-order chi connectivity index (χ0) is 13.3. The molecule has 0 spiro atoms. The van der Waals surface area contributed by atoms with E-state index in [0.29, 0.717) is 11.7 Å². The molecule has 0 aromatic carbocycles. The van der Waals surface area contributed by atoms with Gasteiger partial charge in [-0.15, -0.1) is 0 Å². The molecule has 0 N–H and O–H groups in total. The molecule has 2 atom stereocenters. The topological polar surface area (TPSA) is 39.4 Å². The van der Waals surface area contributed by atoms with Gasteiger partial charge in [-0.05, 0) is 37.3 Å². The SMILES string of the molecule is CC(C)=CC1C(C(=O)OCc2ccco2)C1(C)C. The predicted molar refractivity (Wildman–Crippen MR) is 68.7 cm³/mol. The van der Waals surface area contributed by atoms with Crippen molar-refractivity contribution in [1.82, 2.24) is 0 Å². The van der Waals surface area contributed by atoms with Gasteiger partial charge >= 0.3 is 5.97 Å². The molecule has 1 heterocycles. The highest BCUT2D eigenvalue weighted by Crippen LogP contribution is 2.59. The molecule has 0 amide bonds. The first-order valence-electron chi connectivity index (χ1n) is 6.27. The van der Waals surface area contributed by atoms with Crippen molar-refractivity contribution >= 4 is 5.97 Å². The largest absolute Gasteiger partial charge is 0.466 e. The summed E-state index contributed by atoms with van der Waals surface area (Å²) in [6.07, 6.45) is 3.75. The van der Waals surface area contributed by atoms with E-state index in [2.05, 4.69) is 33.8 Å². The van der Waals surface area contributed by atoms with Crippen molar-refractivity contribution in [2.24, 2.45) is 17.3 Å². The molecule has 1 aliphatic carbocycles. The van der Waals surface area contributed by atoms with Crippen molar-refractivity contribution in [1.29, 1.82) is 0 Å². The maximum atomic E-state index is 12.0. The van der Waals surface area contributed by atoms with Crippen LogP contribution >= 0.6 is 0 Å². The molecule has 0 radical (unpaired) electrons. The van der Waals surface area contributed by atoms with E-state index in [1.807, 2.05) is 0 Å². The highest BCUT2D eigenvalue weighted by atomic mass is 16.5. The fourth-order valence-electron chi connectivity index (χ4n) is 2.42. The third-order valence-corrected chi connectivity index (χ3v) is 3.61. The fraction of sp³-hybridized carbons (Fsp3) is 0.533. The van der Waals surface area contributed by atoms with E-state index in [9.17, 15) is 4.79 Å². The summed E-state index contributed by atoms with van der Waals surface area (Å²) >= 11 is 0. The Hall–Kier alpha value is -1.51. The van der Waals surface area contributed by atoms with Crippen LogP contribution in [0.15, 0.2) is 34.5 Å². The van der Waals surface area contributed by atoms with Crippen LogP contribution in [0.25, 0.3) is 0 Å². The number of allylic oxidation sites excluding steroid dienone is 2. The average molecular weight is 248 g/mol. The van der Waals surface area contributed by atoms with Gasteiger partial charge in [-0.2, -0.15) is 0 Å². The number of esters is 1. The van der Waals surface area contributed by atoms with Gasteiger partial charge in [0, 0.05) is 0 Å². The summed E-state index contributed by atoms with van der Waals surface area (Å²) in [7, 11) is 0. The highest BCUT2D eigenvalue weighted by molar-refractivity contribution is 5.78. The first-order chi connectivity index (χ1) is 8.43. The molecule has 1 fully saturated rings. The quantitative estimate of drug-likeness (QED) is 0.604. The molecule has 0 bridgehead atoms. The van der Waals surface area contributed by atoms with Crippen LogP contribution in [-0.4, -0.2) is 5.97 Å². The van der Waals surface area contributed by atoms with Crippen LogP contribution in [0.1, 0.15) is 33.5 Å². The summed E-state index contributed by atoms with van der Waals surface area (Å²) in [5, 5.41) is 0. The van der Waals surface area contributed by atoms with Crippen LogP contribution < -0.4 is 0 Å². The van der Waals surface area contributed by atoms with Crippen molar-refractivity contribution in [3.8, 4) is 0 Å². The molecule has 1 saturated carbocycles. The number of hydrogen-bond acceptors (Lipinski definition) is 3. The lowest BCUT2D eigenvalue weighted by Gasteiger charge is -2.03. The van der Waals surface area contributed by atoms with E-state index in [-0.39, 0.29) is 23.9 Å². The summed E-state index contributed by atoms with van der Waals surface area (Å²) in [5.41, 5.74) is 1.26. The van der Waals surface area contributed by atoms with Crippen LogP contribution in [0.5, 0.6) is 0 Å². The lowest BCUT2D eigenvalue weighted by Crippen LogP contribution is -2.10. The lowest BCUT2D eigenvalue weighted by molar-refractivity contribution is -0.148. The number of furan rings is 1. The minimum absolute atomic E-state index is 0.0114. The monoisotopic (exact) mass is 248 g/mol. The standard InChI is InChI=1S/C15H20O3/c1-10(2)8-12-13(15(12,3)4)14(16)18-9-11-6-5-7-17-11/h5-8,12-13H,9H2,1-4H3. The van der Waals surface area contributed by atoms with Crippen molar-refractivity contribution in [2.45, 2.75) is 34.3 Å². The number of carbonyl (C=O) groups is 1. The number of ether oxygens (including phenoxy) is 1. The lowest BCUT2D eigenvalue weighted by atomic mass is 10.1. The third kappa shape index (κ3) is 2.50. The van der Waals surface area contributed by atoms with Gasteiger partial charge in [0.2, 0.25) is 0 Å². The van der Waals surface area contributed by atoms with Crippen molar-refractivity contribution < 1.29 is 13.9 Å². The molecule has 1 aromatic heterocycles. The summed E-state index contributed by atoms with van der Waals surface area (Å²) in [6, 6.07) is 3.59. The Morgan fingerprint density at radius 2 is 2.22 bits per heavy atom. The first kappa shape index (κ1) is 12.9. The second-order valence-corrected chi connectivity index (χ2v) is 5.76. The van der Waals surface area contributed by atoms with E-state index in [1.54, 1.807) is 18.4 Å². The van der Waals surface area contributed by atoms with Crippen LogP contribution in [-0.2, 0) is 16.1 Å². The molecule has 2 unspecified atom stereocenters. The summed E-state index contributed by atoms with van der Waals surface area (Å²) in [4.78, 5) is 12.0. The summed E-state index contributed by atoms with van der Waals surface area (Å²) in [6.45, 7) is 8.55. The fourth-order valence-corrected chi connectivity index (χ4v) is 2.42. The van der Waals surface area contributed by atoms with Gasteiger partial charge in [0.05, 0.1) is 12.2 Å². The Morgan fingerprint density at radius 3 is 2.78 bits per heavy atom. The normalized spacial score (nSPS) is 24.4. The Balaban J connectivity index is 1.92. The van der Waals surface area contributed by atoms with E-state index >= 15 is 0 Å². The molecule has 1 aliphatic rings. The number of carbonyl (C=O) groups excluding carboxylic acids is 1. The van der Waals surface area contributed by atoms with Crippen LogP contribution in [0, 0.1) is 17.3 Å². The van der Waals surface area contributed by atoms with E-state index in [1.165, 1.54) is 5.57 Å². The molecule has 18 heavy (non-hydrogen) atoms. The van der Waals surface area contributed by atoms with Gasteiger partial charge < -0.3 is 9.15 Å². The van der Waals surface area contributed by atoms with Crippen LogP contribution in [0.2, 0.25) is 0 Å². The first-order valence-corrected chi connectivity index (χ1v) is 6.27. The minimum atomic E-state index is -0.126. The van der Waals surface area contributed by atoms with Crippen LogP contribution in [0.4, 0.5) is 0 Å². The van der Waals surface area contributed by atoms with Gasteiger partial charge in [0.1, 0.15) is 12.4 Å². The summed E-state index contributed by atoms with van der Waals surface area (Å²) in [5.74, 6) is 0.827. The molecule has 0 saturated heterocycles. The summed E-state index contributed by atoms with van der Waals surface area (Å²) < 4.78 is 10.4. The molecule has 2 rings (SSSR count). The Bertz CT molecular complexity index is 450. The third-order valence-electron chi connectivity index (χ3n) is 3.61. The number of hydrogen-bond donors (Lipinski definition) is 0. The second kappa shape index (κ2) is 4.63. The van der Waals surface area contributed by atoms with Crippen molar-refractivity contribution in [3.63, 3.8) is 0 Å². The average Bonchev–Trinajstić information content (AvgIpc) is 2.70. The molecule has 0 aliphatic heterocycles. The molecule has 3 nitrogen and oxygen atoms in total. The number of rotatable bonds is 4. The highest BCUT2D eigenvalue weighted by Gasteiger charge is 2.61. The molecule has 98 valence electrons. The van der Waals surface area contributed by atoms with E-state index < -0.39 is 0 Å². The maximum absolute atomic E-state index is 12.0. The Kier molecular flexibility index (Phi) is 3.33. The molecular weight excluding hydrogens is 228 g/mol. The predicted octanol–water partition coefficient (Wildman–Crippen LogP) is 3.56. The zero-order valence-corrected chi connectivity index (χ0v) is 11.4. The smallest absolute Gasteiger partial charge is 0.310 e. The Labute approximate surface area is 108 Å².